The molecule has 19 heavy (non-hydrogen) atoms. The Bertz CT molecular complexity index is 531. The van der Waals surface area contributed by atoms with Crippen LogP contribution in [-0.2, 0) is 6.61 Å². The van der Waals surface area contributed by atoms with E-state index in [0.29, 0.717) is 19.7 Å². The number of ether oxygens (including phenoxy) is 1. The summed E-state index contributed by atoms with van der Waals surface area (Å²) in [6, 6.07) is 14.0. The topological polar surface area (TPSA) is 47.3 Å². The number of benzene rings is 2. The van der Waals surface area contributed by atoms with Crippen LogP contribution in [-0.4, -0.2) is 13.1 Å². The van der Waals surface area contributed by atoms with Gasteiger partial charge in [-0.25, -0.2) is 4.39 Å². The van der Waals surface area contributed by atoms with Crippen molar-refractivity contribution in [2.45, 2.75) is 6.61 Å². The molecule has 0 aliphatic carbocycles. The van der Waals surface area contributed by atoms with Gasteiger partial charge in [0.15, 0.2) is 0 Å². The summed E-state index contributed by atoms with van der Waals surface area (Å²) in [6.45, 7) is 1.64. The second-order valence-corrected chi connectivity index (χ2v) is 4.16. The molecular weight excluding hydrogens is 243 g/mol. The highest BCUT2D eigenvalue weighted by atomic mass is 19.1. The first-order valence-corrected chi connectivity index (χ1v) is 6.19. The summed E-state index contributed by atoms with van der Waals surface area (Å²) in [4.78, 5) is 0. The molecule has 0 saturated heterocycles. The number of anilines is 1. The van der Waals surface area contributed by atoms with E-state index in [1.165, 1.54) is 12.1 Å². The first kappa shape index (κ1) is 13.4. The van der Waals surface area contributed by atoms with Gasteiger partial charge in [-0.1, -0.05) is 18.2 Å². The maximum absolute atomic E-state index is 13.0. The van der Waals surface area contributed by atoms with Crippen LogP contribution in [0, 0.1) is 5.82 Å². The summed E-state index contributed by atoms with van der Waals surface area (Å²) in [7, 11) is 0. The molecule has 4 heteroatoms. The SMILES string of the molecule is NCCNc1cccc(OCc2cccc(F)c2)c1. The maximum Gasteiger partial charge on any atom is 0.123 e. The molecule has 0 unspecified atom stereocenters. The minimum Gasteiger partial charge on any atom is -0.489 e. The predicted octanol–water partition coefficient (Wildman–Crippen LogP) is 2.78. The highest BCUT2D eigenvalue weighted by Crippen LogP contribution is 2.18. The lowest BCUT2D eigenvalue weighted by molar-refractivity contribution is 0.305. The quantitative estimate of drug-likeness (QED) is 0.839. The molecule has 0 heterocycles. The minimum atomic E-state index is -0.250. The number of rotatable bonds is 6. The highest BCUT2D eigenvalue weighted by Gasteiger charge is 1.99. The number of hydrogen-bond acceptors (Lipinski definition) is 3. The molecule has 0 atom stereocenters. The summed E-state index contributed by atoms with van der Waals surface area (Å²) in [5.41, 5.74) is 7.20. The standard InChI is InChI=1S/C15H17FN2O/c16-13-4-1-3-12(9-13)11-19-15-6-2-5-14(10-15)18-8-7-17/h1-6,9-10,18H,7-8,11,17H2. The lowest BCUT2D eigenvalue weighted by atomic mass is 10.2. The monoisotopic (exact) mass is 260 g/mol. The van der Waals surface area contributed by atoms with Crippen molar-refractivity contribution in [1.82, 2.24) is 0 Å². The molecule has 0 amide bonds. The Hall–Kier alpha value is -2.07. The van der Waals surface area contributed by atoms with Gasteiger partial charge in [0.25, 0.3) is 0 Å². The fourth-order valence-corrected chi connectivity index (χ4v) is 1.71. The molecule has 0 fully saturated rings. The van der Waals surface area contributed by atoms with E-state index in [1.54, 1.807) is 6.07 Å². The molecule has 2 aromatic rings. The fraction of sp³-hybridized carbons (Fsp3) is 0.200. The van der Waals surface area contributed by atoms with Crippen LogP contribution in [0.5, 0.6) is 5.75 Å². The molecular formula is C15H17FN2O. The van der Waals surface area contributed by atoms with Gasteiger partial charge in [0.1, 0.15) is 18.2 Å². The van der Waals surface area contributed by atoms with E-state index >= 15 is 0 Å². The maximum atomic E-state index is 13.0. The van der Waals surface area contributed by atoms with Gasteiger partial charge in [0.2, 0.25) is 0 Å². The van der Waals surface area contributed by atoms with Crippen LogP contribution in [0.15, 0.2) is 48.5 Å². The lowest BCUT2D eigenvalue weighted by Gasteiger charge is -2.09. The fourth-order valence-electron chi connectivity index (χ4n) is 1.71. The Balaban J connectivity index is 1.95. The number of nitrogens with two attached hydrogens (primary N) is 1. The van der Waals surface area contributed by atoms with E-state index in [4.69, 9.17) is 10.5 Å². The zero-order chi connectivity index (χ0) is 13.5. The van der Waals surface area contributed by atoms with Gasteiger partial charge in [0.05, 0.1) is 0 Å². The Morgan fingerprint density at radius 1 is 1.11 bits per heavy atom. The molecule has 3 N–H and O–H groups in total. The van der Waals surface area contributed by atoms with Crippen molar-refractivity contribution < 1.29 is 9.13 Å². The Morgan fingerprint density at radius 2 is 1.95 bits per heavy atom. The van der Waals surface area contributed by atoms with Crippen molar-refractivity contribution in [1.29, 1.82) is 0 Å². The van der Waals surface area contributed by atoms with Crippen LogP contribution < -0.4 is 15.8 Å². The lowest BCUT2D eigenvalue weighted by Crippen LogP contribution is -2.12. The summed E-state index contributed by atoms with van der Waals surface area (Å²) < 4.78 is 18.6. The summed E-state index contributed by atoms with van der Waals surface area (Å²) in [5, 5.41) is 3.18. The van der Waals surface area contributed by atoms with Crippen LogP contribution in [0.25, 0.3) is 0 Å². The minimum absolute atomic E-state index is 0.250. The average Bonchev–Trinajstić information content (AvgIpc) is 2.43. The van der Waals surface area contributed by atoms with E-state index < -0.39 is 0 Å². The van der Waals surface area contributed by atoms with Crippen LogP contribution >= 0.6 is 0 Å². The average molecular weight is 260 g/mol. The van der Waals surface area contributed by atoms with E-state index in [9.17, 15) is 4.39 Å². The van der Waals surface area contributed by atoms with E-state index in [1.807, 2.05) is 30.3 Å². The number of nitrogens with one attached hydrogen (secondary N) is 1. The van der Waals surface area contributed by atoms with E-state index in [0.717, 1.165) is 17.0 Å². The van der Waals surface area contributed by atoms with Gasteiger partial charge in [-0.05, 0) is 29.8 Å². The van der Waals surface area contributed by atoms with Crippen molar-refractivity contribution in [3.05, 3.63) is 59.9 Å². The molecule has 2 aromatic carbocycles. The summed E-state index contributed by atoms with van der Waals surface area (Å²) in [6.07, 6.45) is 0. The molecule has 0 saturated carbocycles. The first-order chi connectivity index (χ1) is 9.28. The van der Waals surface area contributed by atoms with Gasteiger partial charge >= 0.3 is 0 Å². The molecule has 0 bridgehead atoms. The molecule has 0 aliphatic heterocycles. The van der Waals surface area contributed by atoms with Crippen molar-refractivity contribution in [3.8, 4) is 5.75 Å². The van der Waals surface area contributed by atoms with Crippen molar-refractivity contribution in [2.24, 2.45) is 5.73 Å². The van der Waals surface area contributed by atoms with E-state index in [-0.39, 0.29) is 5.82 Å². The smallest absolute Gasteiger partial charge is 0.123 e. The van der Waals surface area contributed by atoms with Crippen molar-refractivity contribution in [2.75, 3.05) is 18.4 Å². The van der Waals surface area contributed by atoms with Gasteiger partial charge in [0, 0.05) is 24.8 Å². The van der Waals surface area contributed by atoms with Gasteiger partial charge in [-0.15, -0.1) is 0 Å². The van der Waals surface area contributed by atoms with Gasteiger partial charge < -0.3 is 15.8 Å². The zero-order valence-electron chi connectivity index (χ0n) is 10.6. The normalized spacial score (nSPS) is 10.2. The van der Waals surface area contributed by atoms with Crippen LogP contribution in [0.2, 0.25) is 0 Å². The van der Waals surface area contributed by atoms with Crippen molar-refractivity contribution >= 4 is 5.69 Å². The molecule has 0 aliphatic rings. The zero-order valence-corrected chi connectivity index (χ0v) is 10.6. The summed E-state index contributed by atoms with van der Waals surface area (Å²) >= 11 is 0. The third-order valence-corrected chi connectivity index (χ3v) is 2.60. The molecule has 100 valence electrons. The highest BCUT2D eigenvalue weighted by molar-refractivity contribution is 5.48. The second-order valence-electron chi connectivity index (χ2n) is 4.16. The number of hydrogen-bond donors (Lipinski definition) is 2. The Labute approximate surface area is 112 Å². The molecule has 0 radical (unpaired) electrons. The number of halogens is 1. The summed E-state index contributed by atoms with van der Waals surface area (Å²) in [5.74, 6) is 0.491. The molecule has 3 nitrogen and oxygen atoms in total. The Kier molecular flexibility index (Phi) is 4.75. The Morgan fingerprint density at radius 3 is 2.74 bits per heavy atom. The van der Waals surface area contributed by atoms with Crippen LogP contribution in [0.1, 0.15) is 5.56 Å². The van der Waals surface area contributed by atoms with Crippen LogP contribution in [0.3, 0.4) is 0 Å². The largest absolute Gasteiger partial charge is 0.489 e. The van der Waals surface area contributed by atoms with Crippen LogP contribution in [0.4, 0.5) is 10.1 Å². The first-order valence-electron chi connectivity index (χ1n) is 6.19. The van der Waals surface area contributed by atoms with Crippen molar-refractivity contribution in [3.63, 3.8) is 0 Å². The second kappa shape index (κ2) is 6.75. The third-order valence-electron chi connectivity index (χ3n) is 2.60. The predicted molar refractivity (Wildman–Crippen MR) is 74.7 cm³/mol. The molecule has 2 rings (SSSR count). The van der Waals surface area contributed by atoms with Gasteiger partial charge in [-0.2, -0.15) is 0 Å². The van der Waals surface area contributed by atoms with E-state index in [2.05, 4.69) is 5.32 Å². The van der Waals surface area contributed by atoms with Gasteiger partial charge in [-0.3, -0.25) is 0 Å². The molecule has 0 aromatic heterocycles. The molecule has 0 spiro atoms. The third kappa shape index (κ3) is 4.26.